The summed E-state index contributed by atoms with van der Waals surface area (Å²) in [5.41, 5.74) is 0.272. The van der Waals surface area contributed by atoms with E-state index >= 15 is 0 Å². The van der Waals surface area contributed by atoms with Crippen LogP contribution in [0.25, 0.3) is 0 Å². The molecule has 72 valence electrons. The zero-order valence-corrected chi connectivity index (χ0v) is 7.90. The van der Waals surface area contributed by atoms with Crippen molar-refractivity contribution >= 4 is 5.97 Å². The van der Waals surface area contributed by atoms with E-state index in [1.807, 2.05) is 13.8 Å². The lowest BCUT2D eigenvalue weighted by Gasteiger charge is -2.14. The minimum Gasteiger partial charge on any atom is -0.477 e. The highest BCUT2D eigenvalue weighted by Gasteiger charge is 2.15. The summed E-state index contributed by atoms with van der Waals surface area (Å²) in [7, 11) is 0. The fraction of sp³-hybridized carbons (Fsp3) is 0.556. The lowest BCUT2D eigenvalue weighted by molar-refractivity contribution is 0.0679. The molecule has 0 saturated carbocycles. The van der Waals surface area contributed by atoms with E-state index in [1.54, 1.807) is 4.68 Å². The van der Waals surface area contributed by atoms with Gasteiger partial charge in [-0.1, -0.05) is 13.8 Å². The molecule has 0 radical (unpaired) electrons. The lowest BCUT2D eigenvalue weighted by Crippen LogP contribution is -2.15. The standard InChI is InChI=1S/C9H14N2O2/c1-3-7(4-2)11-8(9(12)13)5-6-10-11/h5-7H,3-4H2,1-2H3,(H,12,13). The maximum atomic E-state index is 10.8. The van der Waals surface area contributed by atoms with Crippen LogP contribution in [-0.4, -0.2) is 20.9 Å². The van der Waals surface area contributed by atoms with Crippen LogP contribution in [0.1, 0.15) is 43.2 Å². The fourth-order valence-corrected chi connectivity index (χ4v) is 1.41. The van der Waals surface area contributed by atoms with Crippen molar-refractivity contribution in [1.82, 2.24) is 9.78 Å². The third kappa shape index (κ3) is 1.88. The molecule has 0 unspecified atom stereocenters. The second-order valence-corrected chi connectivity index (χ2v) is 2.94. The zero-order valence-electron chi connectivity index (χ0n) is 7.90. The summed E-state index contributed by atoms with van der Waals surface area (Å²) in [6, 6.07) is 1.72. The Kier molecular flexibility index (Phi) is 3.06. The monoisotopic (exact) mass is 182 g/mol. The number of carboxylic acids is 1. The Balaban J connectivity index is 2.98. The Morgan fingerprint density at radius 2 is 2.23 bits per heavy atom. The Morgan fingerprint density at radius 3 is 2.69 bits per heavy atom. The Bertz CT molecular complexity index is 290. The summed E-state index contributed by atoms with van der Waals surface area (Å²) in [5.74, 6) is -0.913. The summed E-state index contributed by atoms with van der Waals surface area (Å²) < 4.78 is 1.59. The van der Waals surface area contributed by atoms with Gasteiger partial charge in [0.25, 0.3) is 0 Å². The molecule has 0 aliphatic heterocycles. The second kappa shape index (κ2) is 4.07. The average Bonchev–Trinajstić information content (AvgIpc) is 2.55. The summed E-state index contributed by atoms with van der Waals surface area (Å²) >= 11 is 0. The van der Waals surface area contributed by atoms with Crippen molar-refractivity contribution in [2.75, 3.05) is 0 Å². The molecule has 0 fully saturated rings. The van der Waals surface area contributed by atoms with Crippen molar-refractivity contribution in [1.29, 1.82) is 0 Å². The minimum atomic E-state index is -0.913. The normalized spacial score (nSPS) is 10.7. The lowest BCUT2D eigenvalue weighted by atomic mass is 10.2. The smallest absolute Gasteiger partial charge is 0.354 e. The number of aromatic nitrogens is 2. The van der Waals surface area contributed by atoms with Crippen molar-refractivity contribution in [3.8, 4) is 0 Å². The van der Waals surface area contributed by atoms with Gasteiger partial charge in [0.15, 0.2) is 0 Å². The largest absolute Gasteiger partial charge is 0.477 e. The summed E-state index contributed by atoms with van der Waals surface area (Å²) in [5, 5.41) is 12.8. The number of aromatic carboxylic acids is 1. The van der Waals surface area contributed by atoms with Crippen LogP contribution in [0.15, 0.2) is 12.3 Å². The highest BCUT2D eigenvalue weighted by molar-refractivity contribution is 5.85. The van der Waals surface area contributed by atoms with E-state index in [1.165, 1.54) is 12.3 Å². The number of nitrogens with zero attached hydrogens (tertiary/aromatic N) is 2. The molecule has 4 nitrogen and oxygen atoms in total. The zero-order chi connectivity index (χ0) is 9.84. The summed E-state index contributed by atoms with van der Waals surface area (Å²) in [4.78, 5) is 10.8. The molecular weight excluding hydrogens is 168 g/mol. The molecule has 0 amide bonds. The maximum Gasteiger partial charge on any atom is 0.354 e. The van der Waals surface area contributed by atoms with Crippen molar-refractivity contribution < 1.29 is 9.90 Å². The molecule has 0 aliphatic carbocycles. The van der Waals surface area contributed by atoms with Crippen LogP contribution in [0.2, 0.25) is 0 Å². The van der Waals surface area contributed by atoms with E-state index in [9.17, 15) is 4.79 Å². The van der Waals surface area contributed by atoms with Gasteiger partial charge in [0.1, 0.15) is 5.69 Å². The van der Waals surface area contributed by atoms with Crippen LogP contribution in [0, 0.1) is 0 Å². The Morgan fingerprint density at radius 1 is 1.62 bits per heavy atom. The van der Waals surface area contributed by atoms with E-state index in [0.717, 1.165) is 12.8 Å². The highest BCUT2D eigenvalue weighted by Crippen LogP contribution is 2.16. The number of hydrogen-bond donors (Lipinski definition) is 1. The van der Waals surface area contributed by atoms with Crippen LogP contribution >= 0.6 is 0 Å². The SMILES string of the molecule is CCC(CC)n1nccc1C(=O)O. The molecule has 1 N–H and O–H groups in total. The van der Waals surface area contributed by atoms with Gasteiger partial charge in [0.2, 0.25) is 0 Å². The molecule has 1 aromatic heterocycles. The third-order valence-corrected chi connectivity index (χ3v) is 2.18. The average molecular weight is 182 g/mol. The number of carboxylic acid groups (broad SMARTS) is 1. The number of carbonyl (C=O) groups is 1. The topological polar surface area (TPSA) is 55.1 Å². The molecule has 0 bridgehead atoms. The molecule has 4 heteroatoms. The first-order valence-corrected chi connectivity index (χ1v) is 4.47. The number of rotatable bonds is 4. The quantitative estimate of drug-likeness (QED) is 0.774. The van der Waals surface area contributed by atoms with Gasteiger partial charge in [0.05, 0.1) is 6.04 Å². The molecule has 0 atom stereocenters. The second-order valence-electron chi connectivity index (χ2n) is 2.94. The highest BCUT2D eigenvalue weighted by atomic mass is 16.4. The molecule has 1 heterocycles. The van der Waals surface area contributed by atoms with Gasteiger partial charge in [-0.25, -0.2) is 4.79 Å². The summed E-state index contributed by atoms with van der Waals surface area (Å²) in [6.07, 6.45) is 3.33. The third-order valence-electron chi connectivity index (χ3n) is 2.18. The van der Waals surface area contributed by atoms with Gasteiger partial charge in [-0.3, -0.25) is 4.68 Å². The van der Waals surface area contributed by atoms with Gasteiger partial charge in [-0.05, 0) is 18.9 Å². The van der Waals surface area contributed by atoms with E-state index in [2.05, 4.69) is 5.10 Å². The maximum absolute atomic E-state index is 10.8. The van der Waals surface area contributed by atoms with Crippen LogP contribution in [0.5, 0.6) is 0 Å². The van der Waals surface area contributed by atoms with E-state index in [0.29, 0.717) is 0 Å². The Hall–Kier alpha value is -1.32. The first kappa shape index (κ1) is 9.77. The minimum absolute atomic E-state index is 0.195. The first-order chi connectivity index (χ1) is 6.20. The summed E-state index contributed by atoms with van der Waals surface area (Å²) in [6.45, 7) is 4.06. The van der Waals surface area contributed by atoms with Crippen LogP contribution in [0.4, 0.5) is 0 Å². The van der Waals surface area contributed by atoms with Gasteiger partial charge in [0, 0.05) is 6.20 Å². The van der Waals surface area contributed by atoms with E-state index in [-0.39, 0.29) is 11.7 Å². The van der Waals surface area contributed by atoms with Crippen LogP contribution in [-0.2, 0) is 0 Å². The first-order valence-electron chi connectivity index (χ1n) is 4.47. The van der Waals surface area contributed by atoms with Crippen LogP contribution < -0.4 is 0 Å². The van der Waals surface area contributed by atoms with E-state index < -0.39 is 5.97 Å². The van der Waals surface area contributed by atoms with Gasteiger partial charge >= 0.3 is 5.97 Å². The molecule has 0 spiro atoms. The molecule has 13 heavy (non-hydrogen) atoms. The fourth-order valence-electron chi connectivity index (χ4n) is 1.41. The van der Waals surface area contributed by atoms with Crippen LogP contribution in [0.3, 0.4) is 0 Å². The molecule has 0 saturated heterocycles. The van der Waals surface area contributed by atoms with Crippen molar-refractivity contribution in [2.45, 2.75) is 32.7 Å². The van der Waals surface area contributed by atoms with Crippen molar-refractivity contribution in [2.24, 2.45) is 0 Å². The van der Waals surface area contributed by atoms with Gasteiger partial charge in [-0.2, -0.15) is 5.10 Å². The molecule has 1 aromatic rings. The molecular formula is C9H14N2O2. The predicted molar refractivity (Wildman–Crippen MR) is 48.8 cm³/mol. The predicted octanol–water partition coefficient (Wildman–Crippen LogP) is 1.94. The Labute approximate surface area is 77.2 Å². The van der Waals surface area contributed by atoms with E-state index in [4.69, 9.17) is 5.11 Å². The van der Waals surface area contributed by atoms with Crippen molar-refractivity contribution in [3.05, 3.63) is 18.0 Å². The number of hydrogen-bond acceptors (Lipinski definition) is 2. The van der Waals surface area contributed by atoms with Gasteiger partial charge in [-0.15, -0.1) is 0 Å². The van der Waals surface area contributed by atoms with Gasteiger partial charge < -0.3 is 5.11 Å². The molecule has 0 aliphatic rings. The molecule has 1 rings (SSSR count). The van der Waals surface area contributed by atoms with Crippen molar-refractivity contribution in [3.63, 3.8) is 0 Å². The molecule has 0 aromatic carbocycles.